The lowest BCUT2D eigenvalue weighted by atomic mass is 9.90. The lowest BCUT2D eigenvalue weighted by Gasteiger charge is -2.33. The van der Waals surface area contributed by atoms with Gasteiger partial charge in [-0.25, -0.2) is 13.4 Å². The minimum Gasteiger partial charge on any atom is -0.335 e. The van der Waals surface area contributed by atoms with Gasteiger partial charge in [0.2, 0.25) is 0 Å². The molecule has 2 fully saturated rings. The van der Waals surface area contributed by atoms with E-state index < -0.39 is 10.0 Å². The fraction of sp³-hybridized carbons (Fsp3) is 0.700. The first kappa shape index (κ1) is 11.2. The number of fused-ring (bicyclic) bond motifs is 1. The monoisotopic (exact) mass is 256 g/mol. The number of imidazole rings is 1. The first-order valence-electron chi connectivity index (χ1n) is 5.87. The largest absolute Gasteiger partial charge is 0.335 e. The van der Waals surface area contributed by atoms with Crippen LogP contribution in [0.5, 0.6) is 0 Å². The van der Waals surface area contributed by atoms with E-state index in [1.807, 2.05) is 0 Å². The Morgan fingerprint density at radius 2 is 2.18 bits per heavy atom. The maximum Gasteiger partial charge on any atom is 0.260 e. The lowest BCUT2D eigenvalue weighted by molar-refractivity contribution is 0.227. The third-order valence-corrected chi connectivity index (χ3v) is 5.55. The number of rotatable bonds is 2. The third kappa shape index (κ3) is 1.88. The van der Waals surface area contributed by atoms with E-state index >= 15 is 0 Å². The molecule has 3 heterocycles. The van der Waals surface area contributed by atoms with Gasteiger partial charge in [0.15, 0.2) is 5.03 Å². The van der Waals surface area contributed by atoms with Crippen LogP contribution in [-0.2, 0) is 10.0 Å². The minimum atomic E-state index is -3.37. The zero-order valence-corrected chi connectivity index (χ0v) is 10.3. The molecular formula is C10H16N4O2S. The number of hydrogen-bond acceptors (Lipinski definition) is 4. The quantitative estimate of drug-likeness (QED) is 0.757. The average molecular weight is 256 g/mol. The SMILES string of the molecule is O=S(=O)(c1cnc[nH]1)N1CCC2CNCC2C1. The van der Waals surface area contributed by atoms with E-state index in [4.69, 9.17) is 0 Å². The highest BCUT2D eigenvalue weighted by Crippen LogP contribution is 2.29. The van der Waals surface area contributed by atoms with Crippen LogP contribution in [0.15, 0.2) is 17.6 Å². The molecule has 3 rings (SSSR count). The highest BCUT2D eigenvalue weighted by Gasteiger charge is 2.38. The normalized spacial score (nSPS) is 30.4. The number of H-pyrrole nitrogens is 1. The smallest absolute Gasteiger partial charge is 0.260 e. The van der Waals surface area contributed by atoms with Crippen LogP contribution in [0.1, 0.15) is 6.42 Å². The minimum absolute atomic E-state index is 0.196. The van der Waals surface area contributed by atoms with Crippen LogP contribution in [0.3, 0.4) is 0 Å². The van der Waals surface area contributed by atoms with Gasteiger partial charge in [-0.3, -0.25) is 0 Å². The molecule has 7 heteroatoms. The number of piperidine rings is 1. The predicted molar refractivity (Wildman–Crippen MR) is 61.8 cm³/mol. The summed E-state index contributed by atoms with van der Waals surface area (Å²) in [6.45, 7) is 3.20. The molecule has 2 unspecified atom stereocenters. The van der Waals surface area contributed by atoms with Gasteiger partial charge in [0.1, 0.15) is 0 Å². The van der Waals surface area contributed by atoms with Crippen LogP contribution in [0.2, 0.25) is 0 Å². The summed E-state index contributed by atoms with van der Waals surface area (Å²) >= 11 is 0. The first-order valence-corrected chi connectivity index (χ1v) is 7.31. The standard InChI is InChI=1S/C10H16N4O2S/c15-17(16,10-5-12-7-13-10)14-2-1-8-3-11-4-9(8)6-14/h5,7-9,11H,1-4,6H2,(H,12,13). The van der Waals surface area contributed by atoms with Crippen molar-refractivity contribution < 1.29 is 8.42 Å². The van der Waals surface area contributed by atoms with Crippen molar-refractivity contribution in [2.75, 3.05) is 26.2 Å². The highest BCUT2D eigenvalue weighted by molar-refractivity contribution is 7.89. The van der Waals surface area contributed by atoms with Crippen molar-refractivity contribution in [3.05, 3.63) is 12.5 Å². The van der Waals surface area contributed by atoms with E-state index in [2.05, 4.69) is 15.3 Å². The molecule has 0 spiro atoms. The number of aromatic amines is 1. The number of sulfonamides is 1. The molecule has 2 aliphatic rings. The zero-order chi connectivity index (χ0) is 11.9. The van der Waals surface area contributed by atoms with Crippen molar-refractivity contribution in [2.24, 2.45) is 11.8 Å². The molecule has 0 bridgehead atoms. The fourth-order valence-electron chi connectivity index (χ4n) is 2.74. The number of nitrogens with zero attached hydrogens (tertiary/aromatic N) is 2. The zero-order valence-electron chi connectivity index (χ0n) is 9.46. The van der Waals surface area contributed by atoms with Crippen molar-refractivity contribution in [3.63, 3.8) is 0 Å². The molecule has 0 saturated carbocycles. The van der Waals surface area contributed by atoms with Crippen LogP contribution in [0.25, 0.3) is 0 Å². The molecule has 0 amide bonds. The molecule has 2 saturated heterocycles. The van der Waals surface area contributed by atoms with E-state index in [9.17, 15) is 8.42 Å². The molecule has 1 aromatic heterocycles. The second kappa shape index (κ2) is 4.08. The van der Waals surface area contributed by atoms with Crippen molar-refractivity contribution in [3.8, 4) is 0 Å². The van der Waals surface area contributed by atoms with Crippen LogP contribution >= 0.6 is 0 Å². The summed E-state index contributed by atoms with van der Waals surface area (Å²) < 4.78 is 26.1. The molecular weight excluding hydrogens is 240 g/mol. The average Bonchev–Trinajstić information content (AvgIpc) is 2.99. The van der Waals surface area contributed by atoms with Crippen LogP contribution < -0.4 is 5.32 Å². The molecule has 0 radical (unpaired) electrons. The van der Waals surface area contributed by atoms with Gasteiger partial charge in [-0.05, 0) is 31.3 Å². The van der Waals surface area contributed by atoms with Crippen LogP contribution in [-0.4, -0.2) is 48.9 Å². The maximum absolute atomic E-state index is 12.3. The van der Waals surface area contributed by atoms with Gasteiger partial charge in [0.25, 0.3) is 10.0 Å². The number of aromatic nitrogens is 2. The molecule has 0 aromatic carbocycles. The van der Waals surface area contributed by atoms with Crippen LogP contribution in [0, 0.1) is 11.8 Å². The summed E-state index contributed by atoms with van der Waals surface area (Å²) in [6, 6.07) is 0. The van der Waals surface area contributed by atoms with Crippen molar-refractivity contribution in [1.82, 2.24) is 19.6 Å². The van der Waals surface area contributed by atoms with E-state index in [-0.39, 0.29) is 5.03 Å². The Kier molecular flexibility index (Phi) is 2.68. The summed E-state index contributed by atoms with van der Waals surface area (Å²) in [5.41, 5.74) is 0. The molecule has 1 aromatic rings. The summed E-state index contributed by atoms with van der Waals surface area (Å²) in [7, 11) is -3.37. The van der Waals surface area contributed by atoms with Gasteiger partial charge >= 0.3 is 0 Å². The Morgan fingerprint density at radius 1 is 1.35 bits per heavy atom. The van der Waals surface area contributed by atoms with Crippen molar-refractivity contribution >= 4 is 10.0 Å². The van der Waals surface area contributed by atoms with E-state index in [0.29, 0.717) is 24.9 Å². The summed E-state index contributed by atoms with van der Waals surface area (Å²) in [5, 5.41) is 3.53. The summed E-state index contributed by atoms with van der Waals surface area (Å²) in [4.78, 5) is 6.45. The van der Waals surface area contributed by atoms with E-state index in [1.165, 1.54) is 12.5 Å². The Labute approximate surface area is 100 Å². The maximum atomic E-state index is 12.3. The van der Waals surface area contributed by atoms with Gasteiger partial charge in [0.05, 0.1) is 12.5 Å². The second-order valence-electron chi connectivity index (χ2n) is 4.75. The van der Waals surface area contributed by atoms with Crippen molar-refractivity contribution in [2.45, 2.75) is 11.4 Å². The molecule has 0 aliphatic carbocycles. The highest BCUT2D eigenvalue weighted by atomic mass is 32.2. The summed E-state index contributed by atoms with van der Waals surface area (Å²) in [6.07, 6.45) is 3.72. The van der Waals surface area contributed by atoms with Gasteiger partial charge < -0.3 is 10.3 Å². The Balaban J connectivity index is 1.81. The Bertz CT molecular complexity index is 484. The Morgan fingerprint density at radius 3 is 2.94 bits per heavy atom. The molecule has 2 aliphatic heterocycles. The predicted octanol–water partition coefficient (Wildman–Crippen LogP) is -0.360. The molecule has 2 atom stereocenters. The number of hydrogen-bond donors (Lipinski definition) is 2. The molecule has 94 valence electrons. The second-order valence-corrected chi connectivity index (χ2v) is 6.65. The van der Waals surface area contributed by atoms with E-state index in [0.717, 1.165) is 19.5 Å². The molecule has 6 nitrogen and oxygen atoms in total. The fourth-order valence-corrected chi connectivity index (χ4v) is 4.15. The lowest BCUT2D eigenvalue weighted by Crippen LogP contribution is -2.43. The van der Waals surface area contributed by atoms with Gasteiger partial charge in [-0.2, -0.15) is 4.31 Å². The molecule has 17 heavy (non-hydrogen) atoms. The first-order chi connectivity index (χ1) is 8.18. The van der Waals surface area contributed by atoms with Gasteiger partial charge in [0, 0.05) is 13.1 Å². The molecule has 2 N–H and O–H groups in total. The van der Waals surface area contributed by atoms with Crippen molar-refractivity contribution in [1.29, 1.82) is 0 Å². The Hall–Kier alpha value is -0.920. The topological polar surface area (TPSA) is 78.1 Å². The van der Waals surface area contributed by atoms with Gasteiger partial charge in [-0.15, -0.1) is 0 Å². The number of nitrogens with one attached hydrogen (secondary N) is 2. The van der Waals surface area contributed by atoms with Crippen LogP contribution in [0.4, 0.5) is 0 Å². The summed E-state index contributed by atoms with van der Waals surface area (Å²) in [5.74, 6) is 1.10. The third-order valence-electron chi connectivity index (χ3n) is 3.76. The van der Waals surface area contributed by atoms with E-state index in [1.54, 1.807) is 4.31 Å². The van der Waals surface area contributed by atoms with Gasteiger partial charge in [-0.1, -0.05) is 0 Å².